The van der Waals surface area contributed by atoms with E-state index in [9.17, 15) is 24.3 Å². The highest BCUT2D eigenvalue weighted by Gasteiger charge is 2.68. The average molecular weight is 834 g/mol. The molecule has 0 aromatic heterocycles. The van der Waals surface area contributed by atoms with Crippen LogP contribution in [0.25, 0.3) is 0 Å². The topological polar surface area (TPSA) is 181 Å². The van der Waals surface area contributed by atoms with Crippen LogP contribution in [0.2, 0.25) is 0 Å². The normalized spacial score (nSPS) is 30.2. The summed E-state index contributed by atoms with van der Waals surface area (Å²) >= 11 is 0. The van der Waals surface area contributed by atoms with E-state index in [-0.39, 0.29) is 24.4 Å². The van der Waals surface area contributed by atoms with Crippen molar-refractivity contribution in [1.82, 2.24) is 0 Å². The van der Waals surface area contributed by atoms with Gasteiger partial charge < -0.3 is 39.6 Å². The second-order valence-corrected chi connectivity index (χ2v) is 17.0. The van der Waals surface area contributed by atoms with E-state index in [2.05, 4.69) is 6.08 Å². The molecule has 60 heavy (non-hydrogen) atoms. The molecule has 6 rings (SSSR count). The monoisotopic (exact) mass is 833 g/mol. The molecule has 2 saturated carbocycles. The van der Waals surface area contributed by atoms with E-state index in [1.165, 1.54) is 12.8 Å². The van der Waals surface area contributed by atoms with Crippen LogP contribution >= 0.6 is 0 Å². The maximum atomic E-state index is 14.6. The number of benzene rings is 2. The van der Waals surface area contributed by atoms with Gasteiger partial charge >= 0.3 is 18.0 Å². The van der Waals surface area contributed by atoms with Gasteiger partial charge in [0, 0.05) is 45.0 Å². The summed E-state index contributed by atoms with van der Waals surface area (Å²) in [4.78, 5) is 48.7. The number of aliphatic carboxylic acids is 1. The van der Waals surface area contributed by atoms with E-state index >= 15 is 0 Å². The number of fused-ring (bicyclic) bond motifs is 3. The lowest BCUT2D eigenvalue weighted by molar-refractivity contribution is -0.226. The molecule has 4 aliphatic carbocycles. The number of hydrogen-bond donors (Lipinski definition) is 3. The van der Waals surface area contributed by atoms with Crippen LogP contribution in [0.5, 0.6) is 0 Å². The van der Waals surface area contributed by atoms with Gasteiger partial charge in [0.25, 0.3) is 0 Å². The fraction of sp³-hybridized carbons (Fsp3) is 0.583. The number of ketones is 1. The van der Waals surface area contributed by atoms with Crippen LogP contribution in [0, 0.1) is 16.7 Å². The molecule has 2 fully saturated rings. The molecule has 4 aliphatic rings. The Morgan fingerprint density at radius 2 is 1.57 bits per heavy atom. The standard InChI is InChI=1S/C30H42O7.C9H15NO2.C9H10O2/c1-8-36-20-16-21-26(37-27(32)19-12-10-9-11-13-19)30(33)15-14-18(2)23(28(30,3)4)24(35-7)25(31)29(21,5)22(17-20)34-6;10-9(11)12-8-6-4-2-1-3-5-7-8;10-9(11)7-6-8-4-2-1-3-5-8/h9-13,20-22,24,26,33H,8,14-17H2,1-7H3;4,6,8H,1-3,5,7H2,(H2,10,11);1-5H,6-7H2,(H,10,11)/b;6-4+;/t20?,21?,22?,24?,26-,29?,30?;;/m0../s1. The first-order valence-corrected chi connectivity index (χ1v) is 21.3. The van der Waals surface area contributed by atoms with Gasteiger partial charge in [-0.2, -0.15) is 0 Å². The number of aliphatic hydroxyl groups is 1. The number of hydrogen-bond acceptors (Lipinski definition) is 10. The molecule has 330 valence electrons. The van der Waals surface area contributed by atoms with Crippen molar-refractivity contribution in [2.75, 3.05) is 20.8 Å². The van der Waals surface area contributed by atoms with Crippen molar-refractivity contribution in [3.8, 4) is 0 Å². The van der Waals surface area contributed by atoms with Crippen molar-refractivity contribution < 1.29 is 53.1 Å². The first-order chi connectivity index (χ1) is 28.5. The second kappa shape index (κ2) is 21.9. The molecule has 12 heteroatoms. The first kappa shape index (κ1) is 48.3. The summed E-state index contributed by atoms with van der Waals surface area (Å²) in [7, 11) is 3.15. The van der Waals surface area contributed by atoms with Crippen LogP contribution in [0.4, 0.5) is 4.79 Å². The summed E-state index contributed by atoms with van der Waals surface area (Å²) in [5, 5.41) is 21.1. The number of carboxylic acids is 1. The Bertz CT molecular complexity index is 1790. The second-order valence-electron chi connectivity index (χ2n) is 17.0. The number of methoxy groups -OCH3 is 2. The molecule has 2 aromatic carbocycles. The molecule has 0 spiro atoms. The van der Waals surface area contributed by atoms with Crippen LogP contribution in [-0.2, 0) is 39.7 Å². The summed E-state index contributed by atoms with van der Waals surface area (Å²) in [6.45, 7) is 10.2. The van der Waals surface area contributed by atoms with E-state index in [4.69, 9.17) is 34.5 Å². The zero-order chi connectivity index (χ0) is 44.1. The highest BCUT2D eigenvalue weighted by atomic mass is 16.6. The largest absolute Gasteiger partial charge is 0.481 e. The number of carboxylic acid groups (broad SMARTS) is 1. The number of Topliss-reactive ketones (excluding diaryl/α,β-unsaturated/α-hetero) is 1. The molecule has 7 unspecified atom stereocenters. The summed E-state index contributed by atoms with van der Waals surface area (Å²) in [6, 6.07) is 18.4. The average Bonchev–Trinajstić information content (AvgIpc) is 3.21. The molecule has 0 saturated heterocycles. The zero-order valence-corrected chi connectivity index (χ0v) is 36.5. The van der Waals surface area contributed by atoms with Gasteiger partial charge in [0.05, 0.1) is 23.2 Å². The van der Waals surface area contributed by atoms with Crippen LogP contribution < -0.4 is 5.73 Å². The van der Waals surface area contributed by atoms with Crippen molar-refractivity contribution in [1.29, 1.82) is 0 Å². The summed E-state index contributed by atoms with van der Waals surface area (Å²) in [5.74, 6) is -1.92. The quantitative estimate of drug-likeness (QED) is 0.155. The number of allylic oxidation sites excluding steroid dienone is 2. The highest BCUT2D eigenvalue weighted by molar-refractivity contribution is 5.94. The lowest BCUT2D eigenvalue weighted by atomic mass is 9.48. The third-order valence-electron chi connectivity index (χ3n) is 13.0. The van der Waals surface area contributed by atoms with Crippen LogP contribution in [0.1, 0.15) is 115 Å². The van der Waals surface area contributed by atoms with Crippen molar-refractivity contribution >= 4 is 23.8 Å². The minimum Gasteiger partial charge on any atom is -0.481 e. The number of carbonyl (C=O) groups is 4. The predicted molar refractivity (Wildman–Crippen MR) is 228 cm³/mol. The lowest BCUT2D eigenvalue weighted by Crippen LogP contribution is -2.70. The minimum absolute atomic E-state index is 0.0946. The maximum Gasteiger partial charge on any atom is 0.405 e. The van der Waals surface area contributed by atoms with Crippen LogP contribution in [0.3, 0.4) is 0 Å². The lowest BCUT2D eigenvalue weighted by Gasteiger charge is -2.61. The van der Waals surface area contributed by atoms with Gasteiger partial charge in [-0.05, 0) is 101 Å². The molecule has 12 nitrogen and oxygen atoms in total. The van der Waals surface area contributed by atoms with Crippen molar-refractivity contribution in [3.05, 3.63) is 95.1 Å². The zero-order valence-electron chi connectivity index (χ0n) is 36.5. The van der Waals surface area contributed by atoms with Gasteiger partial charge in [-0.15, -0.1) is 0 Å². The summed E-state index contributed by atoms with van der Waals surface area (Å²) < 4.78 is 29.2. The number of amides is 1. The number of rotatable bonds is 10. The smallest absolute Gasteiger partial charge is 0.405 e. The SMILES string of the molecule is CCOC1CC(OC)C2(C)C(=O)C(OC)C3=C(C)CCC(O)([C@@H](OC(=O)c4ccccc4)C2C1)C3(C)C.NC(=O)OC1/C=C/CCCCC1.O=C(O)CCc1ccccc1. The molecule has 2 bridgehead atoms. The van der Waals surface area contributed by atoms with Crippen molar-refractivity contribution in [2.45, 2.75) is 141 Å². The molecule has 0 aliphatic heterocycles. The number of aryl methyl sites for hydroxylation is 1. The Morgan fingerprint density at radius 3 is 2.17 bits per heavy atom. The number of nitrogens with two attached hydrogens (primary N) is 1. The van der Waals surface area contributed by atoms with Gasteiger partial charge in [-0.1, -0.05) is 80.4 Å². The predicted octanol–water partition coefficient (Wildman–Crippen LogP) is 8.19. The molecule has 8 atom stereocenters. The van der Waals surface area contributed by atoms with E-state index in [1.54, 1.807) is 38.5 Å². The maximum absolute atomic E-state index is 14.6. The van der Waals surface area contributed by atoms with E-state index in [0.717, 1.165) is 36.0 Å². The van der Waals surface area contributed by atoms with Gasteiger partial charge in [0.2, 0.25) is 0 Å². The molecule has 1 amide bonds. The van der Waals surface area contributed by atoms with Crippen molar-refractivity contribution in [3.63, 3.8) is 0 Å². The van der Waals surface area contributed by atoms with Gasteiger partial charge in [0.1, 0.15) is 23.9 Å². The third kappa shape index (κ3) is 11.3. The molecular weight excluding hydrogens is 767 g/mol. The third-order valence-corrected chi connectivity index (χ3v) is 13.0. The minimum atomic E-state index is -1.44. The van der Waals surface area contributed by atoms with Crippen LogP contribution in [-0.4, -0.2) is 91.0 Å². The molecule has 4 N–H and O–H groups in total. The fourth-order valence-corrected chi connectivity index (χ4v) is 9.66. The molecule has 2 aromatic rings. The number of esters is 1. The number of primary amides is 1. The fourth-order valence-electron chi connectivity index (χ4n) is 9.66. The van der Waals surface area contributed by atoms with Crippen LogP contribution in [0.15, 0.2) is 84.0 Å². The van der Waals surface area contributed by atoms with Gasteiger partial charge in [-0.3, -0.25) is 9.59 Å². The van der Waals surface area contributed by atoms with Gasteiger partial charge in [0.15, 0.2) is 5.78 Å². The Hall–Kier alpha value is -4.36. The first-order valence-electron chi connectivity index (χ1n) is 21.3. The number of ether oxygens (including phenoxy) is 5. The molecule has 0 heterocycles. The summed E-state index contributed by atoms with van der Waals surface area (Å²) in [5.41, 5.74) is 4.78. The molecular formula is C48H67NO11. The Kier molecular flexibility index (Phi) is 17.7. The van der Waals surface area contributed by atoms with E-state index in [1.807, 2.05) is 77.1 Å². The summed E-state index contributed by atoms with van der Waals surface area (Å²) in [6.07, 6.45) is 9.06. The Morgan fingerprint density at radius 1 is 0.900 bits per heavy atom. The van der Waals surface area contributed by atoms with E-state index < -0.39 is 58.7 Å². The molecule has 0 radical (unpaired) electrons. The number of carbonyl (C=O) groups excluding carboxylic acids is 3. The Labute approximate surface area is 355 Å². The van der Waals surface area contributed by atoms with E-state index in [0.29, 0.717) is 44.3 Å². The Balaban J connectivity index is 0.000000279. The highest BCUT2D eigenvalue weighted by Crippen LogP contribution is 2.60. The van der Waals surface area contributed by atoms with Gasteiger partial charge in [-0.25, -0.2) is 9.59 Å². The van der Waals surface area contributed by atoms with Crippen molar-refractivity contribution in [2.24, 2.45) is 22.5 Å².